The zero-order valence-corrected chi connectivity index (χ0v) is 12.7. The molecule has 0 aromatic heterocycles. The van der Waals surface area contributed by atoms with Crippen LogP contribution in [0.5, 0.6) is 0 Å². The molecular weight excluding hydrogens is 266 g/mol. The number of hydrogen-bond acceptors (Lipinski definition) is 4. The third-order valence-electron chi connectivity index (χ3n) is 3.25. The van der Waals surface area contributed by atoms with E-state index >= 15 is 0 Å². The van der Waals surface area contributed by atoms with E-state index in [0.717, 1.165) is 5.56 Å². The minimum atomic E-state index is -0.693. The van der Waals surface area contributed by atoms with Crippen molar-refractivity contribution in [1.29, 1.82) is 0 Å². The van der Waals surface area contributed by atoms with Crippen LogP contribution in [0.2, 0.25) is 0 Å². The highest BCUT2D eigenvalue weighted by molar-refractivity contribution is 5.65. The van der Waals surface area contributed by atoms with Crippen LogP contribution in [0.3, 0.4) is 0 Å². The minimum Gasteiger partial charge on any atom is -0.366 e. The number of methoxy groups -OCH3 is 1. The van der Waals surface area contributed by atoms with E-state index in [4.69, 9.17) is 20.6 Å². The van der Waals surface area contributed by atoms with Crippen LogP contribution in [0.25, 0.3) is 0 Å². The van der Waals surface area contributed by atoms with E-state index in [2.05, 4.69) is 10.9 Å². The minimum absolute atomic E-state index is 0.315. The van der Waals surface area contributed by atoms with Crippen molar-refractivity contribution in [3.63, 3.8) is 0 Å². The number of ether oxygens (including phenoxy) is 3. The second kappa shape index (κ2) is 6.86. The molecule has 1 aromatic carbocycles. The van der Waals surface area contributed by atoms with Gasteiger partial charge in [0.2, 0.25) is 0 Å². The fourth-order valence-electron chi connectivity index (χ4n) is 2.31. The molecule has 0 N–H and O–H groups in total. The summed E-state index contributed by atoms with van der Waals surface area (Å²) in [7, 11) is 1.57. The predicted octanol–water partition coefficient (Wildman–Crippen LogP) is 2.43. The number of benzene rings is 1. The highest BCUT2D eigenvalue weighted by Gasteiger charge is 2.44. The molecule has 1 aromatic rings. The van der Waals surface area contributed by atoms with Crippen LogP contribution in [-0.2, 0) is 20.8 Å². The van der Waals surface area contributed by atoms with Crippen LogP contribution in [0, 0.1) is 12.3 Å². The van der Waals surface area contributed by atoms with Gasteiger partial charge in [0.25, 0.3) is 0 Å². The van der Waals surface area contributed by atoms with Crippen LogP contribution < -0.4 is 0 Å². The standard InChI is InChI=1S/C17H21NO3/c1-5-14(19-4)16-15(20-17(2,3)21-16)12-18-11-13-9-7-6-8-10-13/h1,6-10,12,14-16H,11H2,2-4H3/t14-,15+,16-/m0/s1. The van der Waals surface area contributed by atoms with Crippen molar-refractivity contribution in [3.05, 3.63) is 35.9 Å². The third kappa shape index (κ3) is 4.15. The molecule has 0 bridgehead atoms. The molecule has 1 fully saturated rings. The molecule has 4 nitrogen and oxygen atoms in total. The van der Waals surface area contributed by atoms with E-state index in [1.807, 2.05) is 44.2 Å². The van der Waals surface area contributed by atoms with Crippen molar-refractivity contribution in [2.24, 2.45) is 4.99 Å². The molecule has 1 aliphatic heterocycles. The second-order valence-corrected chi connectivity index (χ2v) is 5.36. The van der Waals surface area contributed by atoms with Gasteiger partial charge in [-0.2, -0.15) is 0 Å². The fourth-order valence-corrected chi connectivity index (χ4v) is 2.31. The van der Waals surface area contributed by atoms with Crippen molar-refractivity contribution in [2.45, 2.75) is 44.5 Å². The Hall–Kier alpha value is -1.67. The Balaban J connectivity index is 2.04. The molecule has 1 saturated heterocycles. The first-order valence-corrected chi connectivity index (χ1v) is 6.94. The summed E-state index contributed by atoms with van der Waals surface area (Å²) in [5.41, 5.74) is 1.14. The Morgan fingerprint density at radius 2 is 2.10 bits per heavy atom. The molecule has 0 aliphatic carbocycles. The van der Waals surface area contributed by atoms with Crippen LogP contribution >= 0.6 is 0 Å². The molecule has 3 atom stereocenters. The van der Waals surface area contributed by atoms with E-state index in [1.54, 1.807) is 13.3 Å². The Kier molecular flexibility index (Phi) is 5.13. The lowest BCUT2D eigenvalue weighted by molar-refractivity contribution is -0.150. The number of nitrogens with zero attached hydrogens (tertiary/aromatic N) is 1. The van der Waals surface area contributed by atoms with Crippen LogP contribution in [0.15, 0.2) is 35.3 Å². The smallest absolute Gasteiger partial charge is 0.164 e. The van der Waals surface area contributed by atoms with Gasteiger partial charge >= 0.3 is 0 Å². The predicted molar refractivity (Wildman–Crippen MR) is 82.1 cm³/mol. The first kappa shape index (κ1) is 15.7. The lowest BCUT2D eigenvalue weighted by Crippen LogP contribution is -2.36. The normalized spacial score (nSPS) is 25.8. The van der Waals surface area contributed by atoms with Gasteiger partial charge in [0.1, 0.15) is 18.3 Å². The van der Waals surface area contributed by atoms with E-state index in [9.17, 15) is 0 Å². The molecule has 4 heteroatoms. The van der Waals surface area contributed by atoms with Gasteiger partial charge < -0.3 is 14.2 Å². The Bertz CT molecular complexity index is 519. The van der Waals surface area contributed by atoms with Gasteiger partial charge in [0.15, 0.2) is 5.79 Å². The van der Waals surface area contributed by atoms with Crippen LogP contribution in [0.1, 0.15) is 19.4 Å². The van der Waals surface area contributed by atoms with Crippen molar-refractivity contribution >= 4 is 6.21 Å². The maximum Gasteiger partial charge on any atom is 0.164 e. The molecule has 0 amide bonds. The topological polar surface area (TPSA) is 40.0 Å². The average molecular weight is 287 g/mol. The highest BCUT2D eigenvalue weighted by atomic mass is 16.8. The summed E-state index contributed by atoms with van der Waals surface area (Å²) in [4.78, 5) is 4.44. The van der Waals surface area contributed by atoms with E-state index in [0.29, 0.717) is 6.54 Å². The van der Waals surface area contributed by atoms with Gasteiger partial charge in [-0.05, 0) is 19.4 Å². The fraction of sp³-hybridized carbons (Fsp3) is 0.471. The molecular formula is C17H21NO3. The van der Waals surface area contributed by atoms with Gasteiger partial charge in [0.05, 0.1) is 6.54 Å². The second-order valence-electron chi connectivity index (χ2n) is 5.36. The van der Waals surface area contributed by atoms with Gasteiger partial charge in [-0.1, -0.05) is 36.3 Å². The monoisotopic (exact) mass is 287 g/mol. The van der Waals surface area contributed by atoms with Crippen LogP contribution in [-0.4, -0.2) is 37.4 Å². The highest BCUT2D eigenvalue weighted by Crippen LogP contribution is 2.30. The molecule has 0 unspecified atom stereocenters. The Morgan fingerprint density at radius 1 is 1.38 bits per heavy atom. The molecule has 112 valence electrons. The van der Waals surface area contributed by atoms with Crippen molar-refractivity contribution in [2.75, 3.05) is 7.11 Å². The molecule has 0 radical (unpaired) electrons. The number of aliphatic imine (C=N–C) groups is 1. The SMILES string of the molecule is C#C[C@H](OC)[C@@H]1OC(C)(C)O[C@@H]1C=NCc1ccccc1. The van der Waals surface area contributed by atoms with Crippen LogP contribution in [0.4, 0.5) is 0 Å². The maximum absolute atomic E-state index is 5.84. The van der Waals surface area contributed by atoms with Gasteiger partial charge in [-0.15, -0.1) is 6.42 Å². The van der Waals surface area contributed by atoms with Gasteiger partial charge in [-0.25, -0.2) is 0 Å². The van der Waals surface area contributed by atoms with Crippen molar-refractivity contribution in [3.8, 4) is 12.3 Å². The summed E-state index contributed by atoms with van der Waals surface area (Å²) in [6.45, 7) is 4.31. The molecule has 0 spiro atoms. The summed E-state index contributed by atoms with van der Waals surface area (Å²) >= 11 is 0. The van der Waals surface area contributed by atoms with E-state index < -0.39 is 11.9 Å². The number of terminal acetylenes is 1. The van der Waals surface area contributed by atoms with Crippen molar-refractivity contribution in [1.82, 2.24) is 0 Å². The van der Waals surface area contributed by atoms with E-state index in [-0.39, 0.29) is 12.2 Å². The lowest BCUT2D eigenvalue weighted by Gasteiger charge is -2.20. The third-order valence-corrected chi connectivity index (χ3v) is 3.25. The largest absolute Gasteiger partial charge is 0.366 e. The Labute approximate surface area is 126 Å². The molecule has 2 rings (SSSR count). The quantitative estimate of drug-likeness (QED) is 0.617. The zero-order chi connectivity index (χ0) is 15.3. The van der Waals surface area contributed by atoms with Crippen molar-refractivity contribution < 1.29 is 14.2 Å². The first-order valence-electron chi connectivity index (χ1n) is 6.94. The molecule has 21 heavy (non-hydrogen) atoms. The van der Waals surface area contributed by atoms with Gasteiger partial charge in [0, 0.05) is 13.3 Å². The van der Waals surface area contributed by atoms with E-state index in [1.165, 1.54) is 0 Å². The summed E-state index contributed by atoms with van der Waals surface area (Å²) < 4.78 is 16.9. The molecule has 1 heterocycles. The summed E-state index contributed by atoms with van der Waals surface area (Å²) in [5, 5.41) is 0. The summed E-state index contributed by atoms with van der Waals surface area (Å²) in [5.74, 6) is 1.89. The first-order chi connectivity index (χ1) is 10.1. The zero-order valence-electron chi connectivity index (χ0n) is 12.7. The molecule has 1 aliphatic rings. The number of rotatable bonds is 5. The summed E-state index contributed by atoms with van der Waals surface area (Å²) in [6.07, 6.45) is 6.11. The summed E-state index contributed by atoms with van der Waals surface area (Å²) in [6, 6.07) is 10.0. The van der Waals surface area contributed by atoms with Gasteiger partial charge in [-0.3, -0.25) is 4.99 Å². The average Bonchev–Trinajstić information content (AvgIpc) is 2.77. The number of hydrogen-bond donors (Lipinski definition) is 0. The lowest BCUT2D eigenvalue weighted by atomic mass is 10.1. The maximum atomic E-state index is 5.84. The molecule has 0 saturated carbocycles. The Morgan fingerprint density at radius 3 is 2.71 bits per heavy atom.